The van der Waals surface area contributed by atoms with E-state index >= 15 is 0 Å². The van der Waals surface area contributed by atoms with Crippen LogP contribution in [0.3, 0.4) is 0 Å². The molecule has 0 saturated carbocycles. The molecule has 3 aromatic carbocycles. The number of hydrogen-bond acceptors (Lipinski definition) is 3. The molecule has 0 heterocycles. The van der Waals surface area contributed by atoms with E-state index < -0.39 is 33.8 Å². The van der Waals surface area contributed by atoms with Crippen molar-refractivity contribution >= 4 is 20.9 Å². The van der Waals surface area contributed by atoms with Gasteiger partial charge in [0.15, 0.2) is 6.10 Å². The Morgan fingerprint density at radius 2 is 1.48 bits per heavy atom. The van der Waals surface area contributed by atoms with Gasteiger partial charge in [-0.3, -0.25) is 0 Å². The third kappa shape index (κ3) is 3.96. The van der Waals surface area contributed by atoms with E-state index in [1.807, 2.05) is 0 Å². The molecule has 0 spiro atoms. The van der Waals surface area contributed by atoms with Gasteiger partial charge < -0.3 is 0 Å². The lowest BCUT2D eigenvalue weighted by Gasteiger charge is -2.21. The Labute approximate surface area is 153 Å². The minimum Gasteiger partial charge on any atom is -0.248 e. The molecule has 0 aliphatic heterocycles. The highest BCUT2D eigenvalue weighted by Gasteiger charge is 2.45. The first-order valence-corrected chi connectivity index (χ1v) is 9.24. The molecule has 1 unspecified atom stereocenters. The molecule has 27 heavy (non-hydrogen) atoms. The lowest BCUT2D eigenvalue weighted by molar-refractivity contribution is -0.196. The third-order valence-corrected chi connectivity index (χ3v) is 5.40. The zero-order valence-corrected chi connectivity index (χ0v) is 14.8. The number of hydrogen-bond donors (Lipinski definition) is 0. The van der Waals surface area contributed by atoms with Gasteiger partial charge in [-0.05, 0) is 41.6 Å². The molecule has 0 radical (unpaired) electrons. The van der Waals surface area contributed by atoms with Crippen LogP contribution in [0.25, 0.3) is 10.8 Å². The van der Waals surface area contributed by atoms with E-state index in [0.717, 1.165) is 29.8 Å². The summed E-state index contributed by atoms with van der Waals surface area (Å²) in [5.74, 6) is -0.743. The van der Waals surface area contributed by atoms with Gasteiger partial charge in [0, 0.05) is 5.39 Å². The second-order valence-corrected chi connectivity index (χ2v) is 7.49. The van der Waals surface area contributed by atoms with Crippen LogP contribution in [0.2, 0.25) is 0 Å². The van der Waals surface area contributed by atoms with E-state index in [2.05, 4.69) is 4.18 Å². The summed E-state index contributed by atoms with van der Waals surface area (Å²) in [6, 6.07) is 12.5. The van der Waals surface area contributed by atoms with Crippen molar-refractivity contribution in [2.75, 3.05) is 0 Å². The summed E-state index contributed by atoms with van der Waals surface area (Å²) >= 11 is 0. The minimum absolute atomic E-state index is 0.262. The van der Waals surface area contributed by atoms with E-state index in [1.165, 1.54) is 18.2 Å². The zero-order valence-electron chi connectivity index (χ0n) is 14.0. The predicted molar refractivity (Wildman–Crippen MR) is 92.2 cm³/mol. The molecule has 0 N–H and O–H groups in total. The maximum atomic E-state index is 13.4. The summed E-state index contributed by atoms with van der Waals surface area (Å²) in [7, 11) is -4.76. The summed E-state index contributed by atoms with van der Waals surface area (Å²) in [5, 5.41) is 0.852. The normalized spacial score (nSPS) is 13.7. The summed E-state index contributed by atoms with van der Waals surface area (Å²) in [5.41, 5.74) is 0.263. The molecular formula is C19H14F4O3S. The number of aryl methyl sites for hydroxylation is 1. The van der Waals surface area contributed by atoms with Crippen LogP contribution in [0.15, 0.2) is 65.6 Å². The number of benzene rings is 3. The van der Waals surface area contributed by atoms with Crippen LogP contribution in [-0.4, -0.2) is 14.6 Å². The molecule has 0 bridgehead atoms. The number of halogens is 4. The van der Waals surface area contributed by atoms with Gasteiger partial charge in [0.25, 0.3) is 10.1 Å². The van der Waals surface area contributed by atoms with Crippen LogP contribution in [-0.2, 0) is 14.3 Å². The van der Waals surface area contributed by atoms with Crippen molar-refractivity contribution in [1.29, 1.82) is 0 Å². The van der Waals surface area contributed by atoms with Gasteiger partial charge in [-0.2, -0.15) is 21.6 Å². The maximum absolute atomic E-state index is 13.4. The topological polar surface area (TPSA) is 43.4 Å². The predicted octanol–water partition coefficient (Wildman–Crippen LogP) is 5.30. The van der Waals surface area contributed by atoms with E-state index in [9.17, 15) is 26.0 Å². The third-order valence-electron chi connectivity index (χ3n) is 4.06. The van der Waals surface area contributed by atoms with Gasteiger partial charge >= 0.3 is 6.18 Å². The van der Waals surface area contributed by atoms with Gasteiger partial charge in [-0.15, -0.1) is 0 Å². The first-order chi connectivity index (χ1) is 12.6. The molecule has 3 rings (SSSR count). The number of rotatable bonds is 4. The number of fused-ring (bicyclic) bond motifs is 1. The van der Waals surface area contributed by atoms with Crippen molar-refractivity contribution in [2.24, 2.45) is 0 Å². The van der Waals surface area contributed by atoms with Gasteiger partial charge in [-0.1, -0.05) is 42.5 Å². The SMILES string of the molecule is Cc1cccc2c(S(=O)(=O)OC(c3ccc(F)cc3)C(F)(F)F)cccc12. The highest BCUT2D eigenvalue weighted by Crippen LogP contribution is 2.39. The average molecular weight is 398 g/mol. The minimum atomic E-state index is -5.01. The van der Waals surface area contributed by atoms with Crippen molar-refractivity contribution in [3.63, 3.8) is 0 Å². The molecule has 3 nitrogen and oxygen atoms in total. The quantitative estimate of drug-likeness (QED) is 0.443. The fourth-order valence-corrected chi connectivity index (χ4v) is 4.04. The van der Waals surface area contributed by atoms with Crippen LogP contribution in [0, 0.1) is 12.7 Å². The molecule has 0 aliphatic rings. The van der Waals surface area contributed by atoms with Crippen LogP contribution >= 0.6 is 0 Å². The molecule has 142 valence electrons. The van der Waals surface area contributed by atoms with E-state index in [-0.39, 0.29) is 10.3 Å². The molecular weight excluding hydrogens is 384 g/mol. The Morgan fingerprint density at radius 1 is 0.889 bits per heavy atom. The van der Waals surface area contributed by atoms with Crippen LogP contribution < -0.4 is 0 Å². The van der Waals surface area contributed by atoms with Crippen LogP contribution in [0.5, 0.6) is 0 Å². The summed E-state index contributed by atoms with van der Waals surface area (Å²) in [4.78, 5) is -0.361. The summed E-state index contributed by atoms with van der Waals surface area (Å²) < 4.78 is 83.3. The lowest BCUT2D eigenvalue weighted by atomic mass is 10.1. The largest absolute Gasteiger partial charge is 0.420 e. The zero-order chi connectivity index (χ0) is 19.8. The lowest BCUT2D eigenvalue weighted by Crippen LogP contribution is -2.26. The highest BCUT2D eigenvalue weighted by molar-refractivity contribution is 7.87. The van der Waals surface area contributed by atoms with Crippen molar-refractivity contribution in [3.05, 3.63) is 77.6 Å². The average Bonchev–Trinajstić information content (AvgIpc) is 2.60. The molecule has 0 saturated heterocycles. The number of alkyl halides is 3. The monoisotopic (exact) mass is 398 g/mol. The standard InChI is InChI=1S/C19H14F4O3S/c1-12-4-2-6-16-15(12)5-3-7-17(16)27(24,25)26-18(19(21,22)23)13-8-10-14(20)11-9-13/h2-11,18H,1H3. The maximum Gasteiger partial charge on any atom is 0.420 e. The molecule has 0 aliphatic carbocycles. The molecule has 0 amide bonds. The van der Waals surface area contributed by atoms with Gasteiger partial charge in [0.2, 0.25) is 0 Å². The Bertz CT molecular complexity index is 1070. The second kappa shape index (κ2) is 6.94. The Hall–Kier alpha value is -2.45. The highest BCUT2D eigenvalue weighted by atomic mass is 32.2. The van der Waals surface area contributed by atoms with E-state index in [0.29, 0.717) is 5.39 Å². The molecule has 0 aromatic heterocycles. The van der Waals surface area contributed by atoms with Gasteiger partial charge in [0.1, 0.15) is 10.7 Å². The Kier molecular flexibility index (Phi) is 4.96. The van der Waals surface area contributed by atoms with Gasteiger partial charge in [0.05, 0.1) is 0 Å². The Morgan fingerprint density at radius 3 is 2.11 bits per heavy atom. The summed E-state index contributed by atoms with van der Waals surface area (Å²) in [6.07, 6.45) is -7.76. The van der Waals surface area contributed by atoms with Crippen LogP contribution in [0.4, 0.5) is 17.6 Å². The van der Waals surface area contributed by atoms with E-state index in [4.69, 9.17) is 0 Å². The van der Waals surface area contributed by atoms with Gasteiger partial charge in [-0.25, -0.2) is 8.57 Å². The fraction of sp³-hybridized carbons (Fsp3) is 0.158. The van der Waals surface area contributed by atoms with Crippen molar-refractivity contribution in [3.8, 4) is 0 Å². The molecule has 8 heteroatoms. The fourth-order valence-electron chi connectivity index (χ4n) is 2.77. The van der Waals surface area contributed by atoms with Crippen LogP contribution in [0.1, 0.15) is 17.2 Å². The molecule has 0 fully saturated rings. The second-order valence-electron chi connectivity index (χ2n) is 5.95. The van der Waals surface area contributed by atoms with Crippen molar-refractivity contribution in [2.45, 2.75) is 24.1 Å². The Balaban J connectivity index is 2.09. The first kappa shape index (κ1) is 19.3. The smallest absolute Gasteiger partial charge is 0.248 e. The van der Waals surface area contributed by atoms with Crippen molar-refractivity contribution < 1.29 is 30.2 Å². The van der Waals surface area contributed by atoms with Crippen molar-refractivity contribution in [1.82, 2.24) is 0 Å². The summed E-state index contributed by atoms with van der Waals surface area (Å²) in [6.45, 7) is 1.76. The molecule has 3 aromatic rings. The molecule has 1 atom stereocenters. The first-order valence-electron chi connectivity index (χ1n) is 7.83. The van der Waals surface area contributed by atoms with E-state index in [1.54, 1.807) is 25.1 Å².